The van der Waals surface area contributed by atoms with E-state index < -0.39 is 0 Å². The number of hydrogen-bond acceptors (Lipinski definition) is 4. The third-order valence-corrected chi connectivity index (χ3v) is 2.39. The zero-order chi connectivity index (χ0) is 13.2. The number of nitrogens with one attached hydrogen (secondary N) is 1. The van der Waals surface area contributed by atoms with Gasteiger partial charge in [-0.05, 0) is 25.5 Å². The van der Waals surface area contributed by atoms with Gasteiger partial charge in [0, 0.05) is 6.54 Å². The molecule has 1 aromatic rings. The van der Waals surface area contributed by atoms with Gasteiger partial charge in [-0.2, -0.15) is 0 Å². The van der Waals surface area contributed by atoms with Crippen molar-refractivity contribution >= 4 is 11.4 Å². The molecule has 0 fully saturated rings. The van der Waals surface area contributed by atoms with Gasteiger partial charge in [0.15, 0.2) is 0 Å². The van der Waals surface area contributed by atoms with Gasteiger partial charge in [0.2, 0.25) is 0 Å². The van der Waals surface area contributed by atoms with Crippen molar-refractivity contribution in [2.24, 2.45) is 0 Å². The zero-order valence-corrected chi connectivity index (χ0v) is 10.9. The van der Waals surface area contributed by atoms with Gasteiger partial charge in [-0.1, -0.05) is 12.1 Å². The Balaban J connectivity index is 2.37. The minimum Gasteiger partial charge on any atom is -0.492 e. The summed E-state index contributed by atoms with van der Waals surface area (Å²) in [4.78, 5) is 0. The maximum absolute atomic E-state index is 5.99. The molecule has 4 nitrogen and oxygen atoms in total. The minimum atomic E-state index is 0.609. The molecule has 0 heterocycles. The summed E-state index contributed by atoms with van der Waals surface area (Å²) in [6, 6.07) is 5.72. The number of rotatable bonds is 9. The van der Waals surface area contributed by atoms with E-state index in [1.54, 1.807) is 0 Å². The number of nitrogens with two attached hydrogens (primary N) is 1. The van der Waals surface area contributed by atoms with Crippen LogP contribution in [0.2, 0.25) is 0 Å². The molecule has 0 bridgehead atoms. The van der Waals surface area contributed by atoms with E-state index in [2.05, 4.69) is 11.9 Å². The Kier molecular flexibility index (Phi) is 6.72. The standard InChI is InChI=1S/C14H22N2O2/c1-3-5-10-17-11-9-16-12-7-6-8-13(14(12)15)18-4-2/h3,6-8,16H,1,4-5,9-11,15H2,2H3. The predicted octanol–water partition coefficient (Wildman–Crippen LogP) is 2.67. The van der Waals surface area contributed by atoms with Gasteiger partial charge >= 0.3 is 0 Å². The van der Waals surface area contributed by atoms with Crippen LogP contribution in [0.5, 0.6) is 5.75 Å². The van der Waals surface area contributed by atoms with Gasteiger partial charge in [0.05, 0.1) is 31.2 Å². The number of para-hydroxylation sites is 1. The third kappa shape index (κ3) is 4.67. The molecule has 0 saturated carbocycles. The molecule has 0 aliphatic heterocycles. The summed E-state index contributed by atoms with van der Waals surface area (Å²) in [6.07, 6.45) is 2.72. The second kappa shape index (κ2) is 8.42. The number of hydrogen-bond donors (Lipinski definition) is 2. The average Bonchev–Trinajstić information content (AvgIpc) is 2.38. The number of nitrogen functional groups attached to an aromatic ring is 1. The highest BCUT2D eigenvalue weighted by Crippen LogP contribution is 2.28. The minimum absolute atomic E-state index is 0.609. The van der Waals surface area contributed by atoms with Gasteiger partial charge in [0.25, 0.3) is 0 Å². The van der Waals surface area contributed by atoms with E-state index in [4.69, 9.17) is 15.2 Å². The molecule has 0 amide bonds. The topological polar surface area (TPSA) is 56.5 Å². The van der Waals surface area contributed by atoms with Crippen molar-refractivity contribution in [2.45, 2.75) is 13.3 Å². The quantitative estimate of drug-likeness (QED) is 0.402. The van der Waals surface area contributed by atoms with Crippen molar-refractivity contribution in [1.82, 2.24) is 0 Å². The normalized spacial score (nSPS) is 10.1. The van der Waals surface area contributed by atoms with E-state index in [1.165, 1.54) is 0 Å². The van der Waals surface area contributed by atoms with Gasteiger partial charge in [0.1, 0.15) is 5.75 Å². The lowest BCUT2D eigenvalue weighted by molar-refractivity contribution is 0.149. The van der Waals surface area contributed by atoms with E-state index in [0.29, 0.717) is 25.5 Å². The molecule has 0 aliphatic rings. The van der Waals surface area contributed by atoms with Crippen LogP contribution in [0.25, 0.3) is 0 Å². The molecule has 0 aromatic heterocycles. The molecule has 0 aliphatic carbocycles. The predicted molar refractivity (Wildman–Crippen MR) is 76.1 cm³/mol. The molecule has 1 aromatic carbocycles. The van der Waals surface area contributed by atoms with Crippen molar-refractivity contribution in [3.05, 3.63) is 30.9 Å². The number of benzene rings is 1. The summed E-state index contributed by atoms with van der Waals surface area (Å²) in [5, 5.41) is 3.23. The summed E-state index contributed by atoms with van der Waals surface area (Å²) in [5.74, 6) is 0.718. The third-order valence-electron chi connectivity index (χ3n) is 2.39. The maximum Gasteiger partial charge on any atom is 0.144 e. The number of anilines is 2. The van der Waals surface area contributed by atoms with E-state index >= 15 is 0 Å². The molecule has 0 spiro atoms. The first-order valence-corrected chi connectivity index (χ1v) is 6.23. The molecule has 1 rings (SSSR count). The van der Waals surface area contributed by atoms with Crippen molar-refractivity contribution in [2.75, 3.05) is 37.4 Å². The Morgan fingerprint density at radius 2 is 2.22 bits per heavy atom. The highest BCUT2D eigenvalue weighted by Gasteiger charge is 2.04. The molecule has 18 heavy (non-hydrogen) atoms. The van der Waals surface area contributed by atoms with Crippen LogP contribution in [0.15, 0.2) is 30.9 Å². The van der Waals surface area contributed by atoms with Crippen LogP contribution in [0.3, 0.4) is 0 Å². The van der Waals surface area contributed by atoms with Crippen LogP contribution in [0, 0.1) is 0 Å². The molecule has 4 heteroatoms. The fraction of sp³-hybridized carbons (Fsp3) is 0.429. The van der Waals surface area contributed by atoms with Gasteiger partial charge < -0.3 is 20.5 Å². The number of ether oxygens (including phenoxy) is 2. The average molecular weight is 250 g/mol. The van der Waals surface area contributed by atoms with Crippen LogP contribution in [-0.4, -0.2) is 26.4 Å². The molecule has 3 N–H and O–H groups in total. The van der Waals surface area contributed by atoms with E-state index in [-0.39, 0.29) is 0 Å². The zero-order valence-electron chi connectivity index (χ0n) is 10.9. The Labute approximate surface area is 109 Å². The summed E-state index contributed by atoms with van der Waals surface area (Å²) in [6.45, 7) is 8.26. The molecule has 0 saturated heterocycles. The first-order valence-electron chi connectivity index (χ1n) is 6.23. The van der Waals surface area contributed by atoms with Crippen LogP contribution in [-0.2, 0) is 4.74 Å². The smallest absolute Gasteiger partial charge is 0.144 e. The van der Waals surface area contributed by atoms with E-state index in [0.717, 1.165) is 24.4 Å². The summed E-state index contributed by atoms with van der Waals surface area (Å²) in [7, 11) is 0. The second-order valence-corrected chi connectivity index (χ2v) is 3.77. The first kappa shape index (κ1) is 14.4. The van der Waals surface area contributed by atoms with Gasteiger partial charge in [-0.3, -0.25) is 0 Å². The van der Waals surface area contributed by atoms with E-state index in [9.17, 15) is 0 Å². The molecule has 0 atom stereocenters. The molecule has 0 radical (unpaired) electrons. The fourth-order valence-corrected chi connectivity index (χ4v) is 1.51. The lowest BCUT2D eigenvalue weighted by Gasteiger charge is -2.13. The molecular weight excluding hydrogens is 228 g/mol. The Bertz CT molecular complexity index is 367. The van der Waals surface area contributed by atoms with Crippen molar-refractivity contribution in [1.29, 1.82) is 0 Å². The van der Waals surface area contributed by atoms with Gasteiger partial charge in [-0.25, -0.2) is 0 Å². The SMILES string of the molecule is C=CCCOCCNc1cccc(OCC)c1N. The van der Waals surface area contributed by atoms with Crippen LogP contribution >= 0.6 is 0 Å². The first-order chi connectivity index (χ1) is 8.79. The van der Waals surface area contributed by atoms with Crippen LogP contribution in [0.4, 0.5) is 11.4 Å². The summed E-state index contributed by atoms with van der Waals surface area (Å²) < 4.78 is 10.8. The Hall–Kier alpha value is -1.68. The molecule has 0 unspecified atom stereocenters. The van der Waals surface area contributed by atoms with Gasteiger partial charge in [-0.15, -0.1) is 6.58 Å². The molecule has 100 valence electrons. The summed E-state index contributed by atoms with van der Waals surface area (Å²) >= 11 is 0. The Morgan fingerprint density at radius 1 is 1.39 bits per heavy atom. The fourth-order valence-electron chi connectivity index (χ4n) is 1.51. The lowest BCUT2D eigenvalue weighted by Crippen LogP contribution is -2.11. The highest BCUT2D eigenvalue weighted by molar-refractivity contribution is 5.72. The van der Waals surface area contributed by atoms with Crippen LogP contribution in [0.1, 0.15) is 13.3 Å². The molecular formula is C14H22N2O2. The van der Waals surface area contributed by atoms with E-state index in [1.807, 2.05) is 31.2 Å². The second-order valence-electron chi connectivity index (χ2n) is 3.77. The maximum atomic E-state index is 5.99. The lowest BCUT2D eigenvalue weighted by atomic mass is 10.2. The van der Waals surface area contributed by atoms with Crippen molar-refractivity contribution < 1.29 is 9.47 Å². The highest BCUT2D eigenvalue weighted by atomic mass is 16.5. The monoisotopic (exact) mass is 250 g/mol. The Morgan fingerprint density at radius 3 is 2.94 bits per heavy atom. The van der Waals surface area contributed by atoms with Crippen LogP contribution < -0.4 is 15.8 Å². The largest absolute Gasteiger partial charge is 0.492 e. The summed E-state index contributed by atoms with van der Waals surface area (Å²) in [5.41, 5.74) is 7.52. The van der Waals surface area contributed by atoms with Crippen molar-refractivity contribution in [3.63, 3.8) is 0 Å². The van der Waals surface area contributed by atoms with Crippen molar-refractivity contribution in [3.8, 4) is 5.75 Å².